The highest BCUT2D eigenvalue weighted by molar-refractivity contribution is 6.03. The first-order valence-electron chi connectivity index (χ1n) is 12.2. The van der Waals surface area contributed by atoms with Gasteiger partial charge in [0.15, 0.2) is 0 Å². The summed E-state index contributed by atoms with van der Waals surface area (Å²) in [5.74, 6) is 1.49. The molecule has 5 nitrogen and oxygen atoms in total. The normalized spacial score (nSPS) is 12.0. The van der Waals surface area contributed by atoms with Crippen LogP contribution in [0.1, 0.15) is 30.9 Å². The van der Waals surface area contributed by atoms with Gasteiger partial charge in [-0.15, -0.1) is 0 Å². The average Bonchev–Trinajstić information content (AvgIpc) is 2.91. The first kappa shape index (κ1) is 25.0. The molecule has 36 heavy (non-hydrogen) atoms. The molecule has 4 rings (SSSR count). The zero-order valence-corrected chi connectivity index (χ0v) is 21.0. The Labute approximate surface area is 212 Å². The zero-order valence-electron chi connectivity index (χ0n) is 21.0. The monoisotopic (exact) mass is 480 g/mol. The number of methoxy groups -OCH3 is 2. The standard InChI is InChI=1S/C31H32N2O3/c1-22(7-4-8-23-9-6-18-32-21-23)33-30(34)17-14-24-12-13-25-19-28(36-3)15-16-29(25)31(24)26-10-5-11-27(20-26)35-2/h5-6,9-22H,4,7-8H2,1-3H3,(H,33,34)/b17-14+/t22-/m1/s1. The predicted octanol–water partition coefficient (Wildman–Crippen LogP) is 6.46. The number of fused-ring (bicyclic) bond motifs is 1. The lowest BCUT2D eigenvalue weighted by atomic mass is 9.92. The Hall–Kier alpha value is -4.12. The van der Waals surface area contributed by atoms with Crippen molar-refractivity contribution >= 4 is 22.8 Å². The molecule has 3 aromatic carbocycles. The molecule has 0 aliphatic heterocycles. The number of hydrogen-bond acceptors (Lipinski definition) is 4. The summed E-state index contributed by atoms with van der Waals surface area (Å²) in [6.07, 6.45) is 10.0. The minimum absolute atomic E-state index is 0.0840. The molecule has 0 saturated heterocycles. The number of rotatable bonds is 10. The van der Waals surface area contributed by atoms with Crippen LogP contribution in [0.4, 0.5) is 0 Å². The van der Waals surface area contributed by atoms with Crippen LogP contribution in [-0.4, -0.2) is 31.2 Å². The van der Waals surface area contributed by atoms with E-state index in [1.807, 2.05) is 61.7 Å². The van der Waals surface area contributed by atoms with Crippen molar-refractivity contribution in [1.29, 1.82) is 0 Å². The third kappa shape index (κ3) is 6.30. The van der Waals surface area contributed by atoms with Crippen LogP contribution in [0, 0.1) is 0 Å². The molecule has 1 atom stereocenters. The lowest BCUT2D eigenvalue weighted by Gasteiger charge is -2.14. The van der Waals surface area contributed by atoms with Crippen molar-refractivity contribution in [1.82, 2.24) is 10.3 Å². The second kappa shape index (κ2) is 12.0. The number of nitrogens with one attached hydrogen (secondary N) is 1. The van der Waals surface area contributed by atoms with E-state index in [0.29, 0.717) is 0 Å². The van der Waals surface area contributed by atoms with Gasteiger partial charge in [-0.2, -0.15) is 0 Å². The van der Waals surface area contributed by atoms with E-state index in [1.165, 1.54) is 5.56 Å². The summed E-state index contributed by atoms with van der Waals surface area (Å²) in [6.45, 7) is 2.04. The molecule has 1 aromatic heterocycles. The van der Waals surface area contributed by atoms with E-state index in [0.717, 1.165) is 58.2 Å². The number of amides is 1. The highest BCUT2D eigenvalue weighted by Crippen LogP contribution is 2.36. The Balaban J connectivity index is 1.52. The van der Waals surface area contributed by atoms with Gasteiger partial charge in [-0.25, -0.2) is 0 Å². The van der Waals surface area contributed by atoms with Crippen LogP contribution >= 0.6 is 0 Å². The maximum absolute atomic E-state index is 12.7. The number of benzene rings is 3. The quantitative estimate of drug-likeness (QED) is 0.265. The summed E-state index contributed by atoms with van der Waals surface area (Å²) in [7, 11) is 3.33. The van der Waals surface area contributed by atoms with Crippen molar-refractivity contribution in [3.05, 3.63) is 96.3 Å². The van der Waals surface area contributed by atoms with E-state index in [4.69, 9.17) is 9.47 Å². The van der Waals surface area contributed by atoms with Crippen molar-refractivity contribution in [2.45, 2.75) is 32.2 Å². The molecule has 1 amide bonds. The number of ether oxygens (including phenoxy) is 2. The van der Waals surface area contributed by atoms with Gasteiger partial charge in [-0.05, 0) is 95.6 Å². The van der Waals surface area contributed by atoms with Crippen LogP contribution in [0.3, 0.4) is 0 Å². The summed E-state index contributed by atoms with van der Waals surface area (Å²) in [5, 5.41) is 5.23. The highest BCUT2D eigenvalue weighted by Gasteiger charge is 2.12. The van der Waals surface area contributed by atoms with Crippen LogP contribution < -0.4 is 14.8 Å². The molecule has 1 heterocycles. The first-order chi connectivity index (χ1) is 17.6. The van der Waals surface area contributed by atoms with Gasteiger partial charge in [-0.1, -0.05) is 36.4 Å². The molecule has 184 valence electrons. The summed E-state index contributed by atoms with van der Waals surface area (Å²) in [4.78, 5) is 16.9. The van der Waals surface area contributed by atoms with Crippen molar-refractivity contribution in [2.24, 2.45) is 0 Å². The SMILES string of the molecule is COc1cccc(-c2c(/C=C/C(=O)N[C@H](C)CCCc3cccnc3)ccc3cc(OC)ccc23)c1. The maximum atomic E-state index is 12.7. The first-order valence-corrected chi connectivity index (χ1v) is 12.2. The van der Waals surface area contributed by atoms with E-state index in [9.17, 15) is 4.79 Å². The molecular weight excluding hydrogens is 448 g/mol. The van der Waals surface area contributed by atoms with E-state index < -0.39 is 0 Å². The Kier molecular flexibility index (Phi) is 8.35. The Bertz CT molecular complexity index is 1350. The summed E-state index contributed by atoms with van der Waals surface area (Å²) in [6, 6.07) is 22.2. The molecule has 0 saturated carbocycles. The summed E-state index contributed by atoms with van der Waals surface area (Å²) in [5.41, 5.74) is 4.24. The van der Waals surface area contributed by atoms with Gasteiger partial charge in [0.1, 0.15) is 11.5 Å². The van der Waals surface area contributed by atoms with Gasteiger partial charge >= 0.3 is 0 Å². The van der Waals surface area contributed by atoms with Crippen LogP contribution in [-0.2, 0) is 11.2 Å². The van der Waals surface area contributed by atoms with Crippen LogP contribution in [0.25, 0.3) is 28.0 Å². The molecule has 0 unspecified atom stereocenters. The second-order valence-electron chi connectivity index (χ2n) is 8.85. The molecule has 0 aliphatic carbocycles. The number of carbonyl (C=O) groups is 1. The van der Waals surface area contributed by atoms with Crippen molar-refractivity contribution in [2.75, 3.05) is 14.2 Å². The van der Waals surface area contributed by atoms with Gasteiger partial charge in [0.05, 0.1) is 14.2 Å². The smallest absolute Gasteiger partial charge is 0.244 e. The number of hydrogen-bond donors (Lipinski definition) is 1. The number of pyridine rings is 1. The fraction of sp³-hybridized carbons (Fsp3) is 0.226. The molecule has 1 N–H and O–H groups in total. The van der Waals surface area contributed by atoms with Gasteiger partial charge in [0, 0.05) is 24.5 Å². The molecule has 0 bridgehead atoms. The van der Waals surface area contributed by atoms with Crippen LogP contribution in [0.2, 0.25) is 0 Å². The average molecular weight is 481 g/mol. The van der Waals surface area contributed by atoms with Crippen LogP contribution in [0.5, 0.6) is 11.5 Å². The van der Waals surface area contributed by atoms with E-state index in [2.05, 4.69) is 34.6 Å². The molecule has 0 radical (unpaired) electrons. The lowest BCUT2D eigenvalue weighted by molar-refractivity contribution is -0.117. The molecule has 0 fully saturated rings. The number of nitrogens with zero attached hydrogens (tertiary/aromatic N) is 1. The number of aryl methyl sites for hydroxylation is 1. The number of aromatic nitrogens is 1. The Morgan fingerprint density at radius 1 is 1.00 bits per heavy atom. The summed E-state index contributed by atoms with van der Waals surface area (Å²) < 4.78 is 10.9. The van der Waals surface area contributed by atoms with Gasteiger partial charge in [0.25, 0.3) is 0 Å². The van der Waals surface area contributed by atoms with E-state index in [1.54, 1.807) is 26.5 Å². The fourth-order valence-corrected chi connectivity index (χ4v) is 4.38. The molecule has 0 aliphatic rings. The third-order valence-electron chi connectivity index (χ3n) is 6.25. The minimum Gasteiger partial charge on any atom is -0.497 e. The van der Waals surface area contributed by atoms with Crippen LogP contribution in [0.15, 0.2) is 85.2 Å². The molecular formula is C31H32N2O3. The Morgan fingerprint density at radius 3 is 2.61 bits per heavy atom. The van der Waals surface area contributed by atoms with Crippen molar-refractivity contribution in [3.63, 3.8) is 0 Å². The highest BCUT2D eigenvalue weighted by atomic mass is 16.5. The Morgan fingerprint density at radius 2 is 1.83 bits per heavy atom. The largest absolute Gasteiger partial charge is 0.497 e. The van der Waals surface area contributed by atoms with Crippen molar-refractivity contribution in [3.8, 4) is 22.6 Å². The maximum Gasteiger partial charge on any atom is 0.244 e. The predicted molar refractivity (Wildman–Crippen MR) is 146 cm³/mol. The van der Waals surface area contributed by atoms with Gasteiger partial charge in [-0.3, -0.25) is 9.78 Å². The topological polar surface area (TPSA) is 60.5 Å². The minimum atomic E-state index is -0.102. The lowest BCUT2D eigenvalue weighted by Crippen LogP contribution is -2.31. The number of carbonyl (C=O) groups excluding carboxylic acids is 1. The molecule has 5 heteroatoms. The molecule has 0 spiro atoms. The zero-order chi connectivity index (χ0) is 25.3. The van der Waals surface area contributed by atoms with Crippen molar-refractivity contribution < 1.29 is 14.3 Å². The fourth-order valence-electron chi connectivity index (χ4n) is 4.38. The van der Waals surface area contributed by atoms with Gasteiger partial charge < -0.3 is 14.8 Å². The second-order valence-corrected chi connectivity index (χ2v) is 8.85. The van der Waals surface area contributed by atoms with Gasteiger partial charge in [0.2, 0.25) is 5.91 Å². The third-order valence-corrected chi connectivity index (χ3v) is 6.25. The summed E-state index contributed by atoms with van der Waals surface area (Å²) >= 11 is 0. The van der Waals surface area contributed by atoms with E-state index >= 15 is 0 Å². The molecule has 4 aromatic rings. The van der Waals surface area contributed by atoms with E-state index in [-0.39, 0.29) is 11.9 Å².